The number of carbonyl (C=O) groups is 2. The van der Waals surface area contributed by atoms with Crippen molar-refractivity contribution in [1.82, 2.24) is 44.6 Å². The fourth-order valence-electron chi connectivity index (χ4n) is 9.83. The van der Waals surface area contributed by atoms with Crippen LogP contribution >= 0.6 is 11.6 Å². The summed E-state index contributed by atoms with van der Waals surface area (Å²) < 4.78 is 25.5. The largest absolute Gasteiger partial charge is 0.490 e. The molecule has 4 aliphatic rings. The van der Waals surface area contributed by atoms with Gasteiger partial charge in [-0.25, -0.2) is 14.4 Å². The third kappa shape index (κ3) is 10.3. The van der Waals surface area contributed by atoms with Gasteiger partial charge in [-0.05, 0) is 100 Å². The first-order valence-corrected chi connectivity index (χ1v) is 23.3. The molecule has 5 aromatic rings. The van der Waals surface area contributed by atoms with Gasteiger partial charge in [-0.15, -0.1) is 0 Å². The Morgan fingerprint density at radius 1 is 0.938 bits per heavy atom. The Labute approximate surface area is 383 Å². The molecule has 2 amide bonds. The first-order chi connectivity index (χ1) is 31.6. The average molecular weight is 904 g/mol. The summed E-state index contributed by atoms with van der Waals surface area (Å²) in [6.45, 7) is 7.51. The van der Waals surface area contributed by atoms with E-state index in [0.29, 0.717) is 64.8 Å². The van der Waals surface area contributed by atoms with Crippen molar-refractivity contribution in [3.63, 3.8) is 0 Å². The van der Waals surface area contributed by atoms with Gasteiger partial charge >= 0.3 is 0 Å². The Balaban J connectivity index is 0.717. The Kier molecular flexibility index (Phi) is 13.3. The number of hydrogen-bond donors (Lipinski definition) is 2. The highest BCUT2D eigenvalue weighted by Gasteiger charge is 2.32. The predicted molar refractivity (Wildman–Crippen MR) is 246 cm³/mol. The van der Waals surface area contributed by atoms with Crippen molar-refractivity contribution in [3.8, 4) is 22.9 Å². The van der Waals surface area contributed by atoms with Gasteiger partial charge in [0.25, 0.3) is 5.91 Å². The summed E-state index contributed by atoms with van der Waals surface area (Å²) in [4.78, 5) is 41.4. The number of amides is 2. The number of rotatable bonds is 12. The van der Waals surface area contributed by atoms with Crippen molar-refractivity contribution in [2.24, 2.45) is 13.0 Å². The van der Waals surface area contributed by atoms with Crippen molar-refractivity contribution in [3.05, 3.63) is 94.4 Å². The van der Waals surface area contributed by atoms with Crippen LogP contribution in [0.5, 0.6) is 5.75 Å². The number of carbonyl (C=O) groups excluding carboxylic acids is 2. The smallest absolute Gasteiger partial charge is 0.254 e. The molecule has 3 fully saturated rings. The number of likely N-dealkylation sites (tertiary alicyclic amines) is 1. The van der Waals surface area contributed by atoms with Gasteiger partial charge in [0.1, 0.15) is 17.6 Å². The van der Waals surface area contributed by atoms with E-state index < -0.39 is 0 Å². The summed E-state index contributed by atoms with van der Waals surface area (Å²) in [6.07, 6.45) is 16.1. The van der Waals surface area contributed by atoms with Crippen molar-refractivity contribution in [1.29, 1.82) is 5.26 Å². The van der Waals surface area contributed by atoms with Crippen LogP contribution in [0.25, 0.3) is 11.1 Å². The fourth-order valence-corrected chi connectivity index (χ4v) is 10.0. The number of nitriles is 1. The van der Waals surface area contributed by atoms with Gasteiger partial charge in [-0.1, -0.05) is 17.7 Å². The van der Waals surface area contributed by atoms with Crippen LogP contribution in [0.3, 0.4) is 0 Å². The molecule has 3 aliphatic heterocycles. The number of aryl methyl sites for hydroxylation is 1. The zero-order chi connectivity index (χ0) is 45.0. The van der Waals surface area contributed by atoms with Crippen LogP contribution in [0, 0.1) is 23.1 Å². The van der Waals surface area contributed by atoms with Crippen molar-refractivity contribution in [2.75, 3.05) is 49.5 Å². The molecule has 2 N–H and O–H groups in total. The molecule has 1 aliphatic carbocycles. The maximum atomic E-state index is 15.5. The van der Waals surface area contributed by atoms with Crippen LogP contribution in [-0.4, -0.2) is 103 Å². The number of halogens is 2. The number of hydrogen-bond acceptors (Lipinski definition) is 11. The summed E-state index contributed by atoms with van der Waals surface area (Å²) in [5.41, 5.74) is 4.93. The number of nitrogens with zero attached hydrogens (tertiary/aromatic N) is 10. The molecule has 0 unspecified atom stereocenters. The molecule has 0 atom stereocenters. The Hall–Kier alpha value is -6.05. The summed E-state index contributed by atoms with van der Waals surface area (Å²) in [5.74, 6) is 2.05. The minimum atomic E-state index is -0.371. The molecule has 15 nitrogen and oxygen atoms in total. The molecule has 6 heterocycles. The zero-order valence-electron chi connectivity index (χ0n) is 37.1. The molecular formula is C48H56ClFN12O3. The summed E-state index contributed by atoms with van der Waals surface area (Å²) in [6, 6.07) is 12.6. The number of nitrogens with one attached hydrogen (secondary N) is 2. The van der Waals surface area contributed by atoms with E-state index in [0.717, 1.165) is 113 Å². The lowest BCUT2D eigenvalue weighted by Gasteiger charge is -2.36. The normalized spacial score (nSPS) is 19.7. The second-order valence-electron chi connectivity index (χ2n) is 18.0. The molecule has 9 rings (SSSR count). The highest BCUT2D eigenvalue weighted by atomic mass is 35.5. The maximum absolute atomic E-state index is 15.5. The Morgan fingerprint density at radius 2 is 1.71 bits per heavy atom. The lowest BCUT2D eigenvalue weighted by atomic mass is 9.92. The van der Waals surface area contributed by atoms with Gasteiger partial charge in [-0.2, -0.15) is 15.5 Å². The molecule has 17 heteroatoms. The van der Waals surface area contributed by atoms with Crippen molar-refractivity contribution in [2.45, 2.75) is 95.9 Å². The van der Waals surface area contributed by atoms with E-state index in [1.165, 1.54) is 6.07 Å². The quantitative estimate of drug-likeness (QED) is 0.128. The number of ether oxygens (including phenoxy) is 1. The van der Waals surface area contributed by atoms with E-state index >= 15 is 4.39 Å². The minimum absolute atomic E-state index is 0.0244. The van der Waals surface area contributed by atoms with Gasteiger partial charge < -0.3 is 30.1 Å². The van der Waals surface area contributed by atoms with E-state index in [2.05, 4.69) is 46.3 Å². The van der Waals surface area contributed by atoms with Crippen molar-refractivity contribution >= 4 is 40.9 Å². The summed E-state index contributed by atoms with van der Waals surface area (Å²) in [7, 11) is 1.84. The van der Waals surface area contributed by atoms with E-state index in [1.807, 2.05) is 24.2 Å². The number of fused-ring (bicyclic) bond motifs is 1. The van der Waals surface area contributed by atoms with E-state index in [-0.39, 0.29) is 35.8 Å². The third-order valence-corrected chi connectivity index (χ3v) is 14.0. The van der Waals surface area contributed by atoms with Gasteiger partial charge in [0.2, 0.25) is 11.9 Å². The lowest BCUT2D eigenvalue weighted by molar-refractivity contribution is -0.129. The summed E-state index contributed by atoms with van der Waals surface area (Å²) >= 11 is 6.17. The van der Waals surface area contributed by atoms with Gasteiger partial charge in [0.15, 0.2) is 5.82 Å². The van der Waals surface area contributed by atoms with Crippen LogP contribution in [0.2, 0.25) is 5.02 Å². The molecule has 0 bridgehead atoms. The number of benzene rings is 2. The molecule has 65 heavy (non-hydrogen) atoms. The van der Waals surface area contributed by atoms with Crippen LogP contribution in [0.1, 0.15) is 97.9 Å². The lowest BCUT2D eigenvalue weighted by Crippen LogP contribution is -2.40. The first kappa shape index (κ1) is 44.2. The van der Waals surface area contributed by atoms with E-state index in [1.54, 1.807) is 54.5 Å². The SMILES string of the molecule is CC(=O)N1CCc2c(c(Nc3ccc(-c4cnn(C)c4)cc3F)nn2C2CCN(CCC3CCN(c4ncc(C(=O)NC5CCC(Oc6ccc(C#N)c(Cl)c6)CC5)cn4)CC3)CC2)C1. The van der Waals surface area contributed by atoms with Gasteiger partial charge in [0, 0.05) is 101 Å². The third-order valence-electron chi connectivity index (χ3n) is 13.7. The van der Waals surface area contributed by atoms with Crippen LogP contribution < -0.4 is 20.3 Å². The second kappa shape index (κ2) is 19.6. The summed E-state index contributed by atoms with van der Waals surface area (Å²) in [5, 5.41) is 25.2. The number of anilines is 3. The van der Waals surface area contributed by atoms with Crippen LogP contribution in [-0.2, 0) is 24.8 Å². The van der Waals surface area contributed by atoms with Crippen LogP contribution in [0.4, 0.5) is 21.8 Å². The number of piperidine rings is 2. The molecule has 3 aromatic heterocycles. The fraction of sp³-hybridized carbons (Fsp3) is 0.479. The molecule has 2 aromatic carbocycles. The molecular weight excluding hydrogens is 847 g/mol. The Morgan fingerprint density at radius 3 is 2.38 bits per heavy atom. The highest BCUT2D eigenvalue weighted by Crippen LogP contribution is 2.36. The van der Waals surface area contributed by atoms with E-state index in [9.17, 15) is 9.59 Å². The predicted octanol–water partition coefficient (Wildman–Crippen LogP) is 7.45. The average Bonchev–Trinajstić information content (AvgIpc) is 3.93. The standard InChI is InChI=1S/C48H56ClFN12O3/c1-31(63)61-22-16-45-41(30-61)46(56-44-10-4-33(23-43(44)50)36-28-54-58(2)29-36)57-62(45)38-14-18-59(19-15-38)17-11-32-12-20-60(21-13-32)48-52-26-35(27-53-48)47(64)55-37-5-8-39(9-6-37)65-40-7-3-34(25-51)42(49)24-40/h3-4,7,10,23-24,26-29,32,37-39H,5-6,8-9,11-22,30H2,1-2H3,(H,55,64)(H,56,57). The first-order valence-electron chi connectivity index (χ1n) is 22.9. The molecule has 2 saturated heterocycles. The Bertz CT molecular complexity index is 2530. The van der Waals surface area contributed by atoms with Crippen molar-refractivity contribution < 1.29 is 18.7 Å². The van der Waals surface area contributed by atoms with Crippen LogP contribution in [0.15, 0.2) is 61.2 Å². The topological polar surface area (TPSA) is 162 Å². The van der Waals surface area contributed by atoms with Gasteiger partial charge in [-0.3, -0.25) is 19.0 Å². The maximum Gasteiger partial charge on any atom is 0.254 e. The van der Waals surface area contributed by atoms with E-state index in [4.69, 9.17) is 26.7 Å². The molecule has 340 valence electrons. The monoisotopic (exact) mass is 902 g/mol. The van der Waals surface area contributed by atoms with Gasteiger partial charge in [0.05, 0.1) is 46.7 Å². The number of aromatic nitrogens is 6. The molecule has 0 radical (unpaired) electrons. The minimum Gasteiger partial charge on any atom is -0.490 e. The zero-order valence-corrected chi connectivity index (χ0v) is 37.8. The second-order valence-corrected chi connectivity index (χ2v) is 18.4. The highest BCUT2D eigenvalue weighted by molar-refractivity contribution is 6.31. The molecule has 0 spiro atoms. The molecule has 1 saturated carbocycles.